The van der Waals surface area contributed by atoms with E-state index in [4.69, 9.17) is 5.73 Å². The van der Waals surface area contributed by atoms with Crippen LogP contribution < -0.4 is 5.73 Å². The Balaban J connectivity index is 2.34. The Morgan fingerprint density at radius 2 is 2.12 bits per heavy atom. The number of hydrogen-bond acceptors (Lipinski definition) is 3. The lowest BCUT2D eigenvalue weighted by molar-refractivity contribution is -0.385. The van der Waals surface area contributed by atoms with Gasteiger partial charge in [-0.25, -0.2) is 0 Å². The summed E-state index contributed by atoms with van der Waals surface area (Å²) in [6, 6.07) is 5.38. The van der Waals surface area contributed by atoms with E-state index >= 15 is 0 Å². The average Bonchev–Trinajstić information content (AvgIpc) is 2.50. The molecule has 0 bridgehead atoms. The molecule has 0 fully saturated rings. The first-order valence-electron chi connectivity index (χ1n) is 5.67. The minimum Gasteiger partial charge on any atom is -0.330 e. The van der Waals surface area contributed by atoms with Crippen molar-refractivity contribution in [2.75, 3.05) is 6.54 Å². The standard InChI is InChI=1S/C12H16N2O2/c13-8-9-4-6-10-2-1-3-12(14(15)16)11(10)7-5-9/h1-3,9H,4-8,13H2. The van der Waals surface area contributed by atoms with Gasteiger partial charge in [-0.3, -0.25) is 10.1 Å². The van der Waals surface area contributed by atoms with Gasteiger partial charge in [0.15, 0.2) is 0 Å². The van der Waals surface area contributed by atoms with Crippen LogP contribution in [0.25, 0.3) is 0 Å². The van der Waals surface area contributed by atoms with Crippen molar-refractivity contribution in [1.82, 2.24) is 0 Å². The Morgan fingerprint density at radius 3 is 2.81 bits per heavy atom. The molecule has 16 heavy (non-hydrogen) atoms. The lowest BCUT2D eigenvalue weighted by Gasteiger charge is -2.08. The summed E-state index contributed by atoms with van der Waals surface area (Å²) in [5.41, 5.74) is 7.99. The molecular formula is C12H16N2O2. The van der Waals surface area contributed by atoms with Gasteiger partial charge in [0, 0.05) is 11.6 Å². The zero-order chi connectivity index (χ0) is 11.5. The molecule has 2 N–H and O–H groups in total. The van der Waals surface area contributed by atoms with Gasteiger partial charge in [-0.05, 0) is 43.7 Å². The van der Waals surface area contributed by atoms with E-state index in [0.717, 1.165) is 36.8 Å². The van der Waals surface area contributed by atoms with Crippen LogP contribution in [0, 0.1) is 16.0 Å². The summed E-state index contributed by atoms with van der Waals surface area (Å²) in [6.45, 7) is 0.682. The van der Waals surface area contributed by atoms with E-state index in [-0.39, 0.29) is 10.6 Å². The highest BCUT2D eigenvalue weighted by molar-refractivity contribution is 5.46. The molecule has 1 aliphatic rings. The number of benzene rings is 1. The van der Waals surface area contributed by atoms with Crippen molar-refractivity contribution in [1.29, 1.82) is 0 Å². The quantitative estimate of drug-likeness (QED) is 0.471. The highest BCUT2D eigenvalue weighted by Crippen LogP contribution is 2.30. The Morgan fingerprint density at radius 1 is 1.38 bits per heavy atom. The van der Waals surface area contributed by atoms with E-state index in [9.17, 15) is 10.1 Å². The van der Waals surface area contributed by atoms with Gasteiger partial charge in [0.1, 0.15) is 0 Å². The third kappa shape index (κ3) is 2.07. The SMILES string of the molecule is NCC1CCc2cccc([N+](=O)[O-])c2CC1. The second-order valence-corrected chi connectivity index (χ2v) is 4.35. The predicted octanol–water partition coefficient (Wildman–Crippen LogP) is 2.05. The number of fused-ring (bicyclic) bond motifs is 1. The van der Waals surface area contributed by atoms with Crippen molar-refractivity contribution in [2.45, 2.75) is 25.7 Å². The Kier molecular flexibility index (Phi) is 3.19. The van der Waals surface area contributed by atoms with Crippen molar-refractivity contribution < 1.29 is 4.92 Å². The van der Waals surface area contributed by atoms with Gasteiger partial charge in [-0.1, -0.05) is 12.1 Å². The summed E-state index contributed by atoms with van der Waals surface area (Å²) in [4.78, 5) is 10.6. The second-order valence-electron chi connectivity index (χ2n) is 4.35. The zero-order valence-electron chi connectivity index (χ0n) is 9.19. The molecule has 0 aliphatic heterocycles. The minimum absolute atomic E-state index is 0.273. The molecule has 1 unspecified atom stereocenters. The summed E-state index contributed by atoms with van der Waals surface area (Å²) in [5, 5.41) is 10.9. The molecule has 2 rings (SSSR count). The van der Waals surface area contributed by atoms with Crippen LogP contribution in [-0.2, 0) is 12.8 Å². The van der Waals surface area contributed by atoms with Crippen LogP contribution in [0.1, 0.15) is 24.0 Å². The molecule has 4 heteroatoms. The maximum Gasteiger partial charge on any atom is 0.272 e. The van der Waals surface area contributed by atoms with Crippen LogP contribution in [-0.4, -0.2) is 11.5 Å². The van der Waals surface area contributed by atoms with Gasteiger partial charge in [-0.2, -0.15) is 0 Å². The normalized spacial score (nSPS) is 19.9. The Labute approximate surface area is 94.6 Å². The fourth-order valence-corrected chi connectivity index (χ4v) is 2.40. The van der Waals surface area contributed by atoms with Gasteiger partial charge in [0.25, 0.3) is 5.69 Å². The van der Waals surface area contributed by atoms with E-state index in [1.165, 1.54) is 0 Å². The molecule has 0 aromatic heterocycles. The molecule has 0 saturated carbocycles. The molecule has 1 atom stereocenters. The molecule has 1 aliphatic carbocycles. The maximum absolute atomic E-state index is 10.9. The molecule has 4 nitrogen and oxygen atoms in total. The average molecular weight is 220 g/mol. The van der Waals surface area contributed by atoms with Crippen LogP contribution in [0.5, 0.6) is 0 Å². The lowest BCUT2D eigenvalue weighted by atomic mass is 10.00. The monoisotopic (exact) mass is 220 g/mol. The third-order valence-corrected chi connectivity index (χ3v) is 3.40. The third-order valence-electron chi connectivity index (χ3n) is 3.40. The largest absolute Gasteiger partial charge is 0.330 e. The second kappa shape index (κ2) is 4.61. The number of rotatable bonds is 2. The molecule has 1 aromatic carbocycles. The van der Waals surface area contributed by atoms with Gasteiger partial charge in [0.05, 0.1) is 4.92 Å². The predicted molar refractivity (Wildman–Crippen MR) is 62.3 cm³/mol. The van der Waals surface area contributed by atoms with E-state index in [0.29, 0.717) is 12.5 Å². The first kappa shape index (κ1) is 11.1. The lowest BCUT2D eigenvalue weighted by Crippen LogP contribution is -2.14. The first-order valence-corrected chi connectivity index (χ1v) is 5.67. The fraction of sp³-hybridized carbons (Fsp3) is 0.500. The zero-order valence-corrected chi connectivity index (χ0v) is 9.19. The van der Waals surface area contributed by atoms with Crippen molar-refractivity contribution in [3.8, 4) is 0 Å². The van der Waals surface area contributed by atoms with E-state index in [1.807, 2.05) is 6.07 Å². The molecule has 0 spiro atoms. The van der Waals surface area contributed by atoms with Crippen molar-refractivity contribution >= 4 is 5.69 Å². The molecule has 0 radical (unpaired) electrons. The van der Waals surface area contributed by atoms with Crippen molar-refractivity contribution in [3.05, 3.63) is 39.4 Å². The van der Waals surface area contributed by atoms with Crippen molar-refractivity contribution in [2.24, 2.45) is 11.7 Å². The summed E-state index contributed by atoms with van der Waals surface area (Å²) in [7, 11) is 0. The van der Waals surface area contributed by atoms with Crippen LogP contribution in [0.3, 0.4) is 0 Å². The minimum atomic E-state index is -0.276. The smallest absolute Gasteiger partial charge is 0.272 e. The van der Waals surface area contributed by atoms with E-state index < -0.39 is 0 Å². The van der Waals surface area contributed by atoms with E-state index in [2.05, 4.69) is 0 Å². The van der Waals surface area contributed by atoms with Gasteiger partial charge in [0.2, 0.25) is 0 Å². The number of nitrogens with zero attached hydrogens (tertiary/aromatic N) is 1. The molecule has 1 aromatic rings. The highest BCUT2D eigenvalue weighted by Gasteiger charge is 2.21. The number of nitro groups is 1. The van der Waals surface area contributed by atoms with Gasteiger partial charge >= 0.3 is 0 Å². The summed E-state index contributed by atoms with van der Waals surface area (Å²) >= 11 is 0. The topological polar surface area (TPSA) is 69.2 Å². The molecule has 86 valence electrons. The molecule has 0 saturated heterocycles. The Hall–Kier alpha value is -1.42. The summed E-state index contributed by atoms with van der Waals surface area (Å²) < 4.78 is 0. The first-order chi connectivity index (χ1) is 7.72. The van der Waals surface area contributed by atoms with Gasteiger partial charge < -0.3 is 5.73 Å². The summed E-state index contributed by atoms with van der Waals surface area (Å²) in [5.74, 6) is 0.506. The Bertz CT molecular complexity index is 404. The fourth-order valence-electron chi connectivity index (χ4n) is 2.40. The molecule has 0 heterocycles. The number of nitrogens with two attached hydrogens (primary N) is 1. The molecular weight excluding hydrogens is 204 g/mol. The van der Waals surface area contributed by atoms with Crippen LogP contribution in [0.4, 0.5) is 5.69 Å². The van der Waals surface area contributed by atoms with E-state index in [1.54, 1.807) is 12.1 Å². The number of nitro benzene ring substituents is 1. The van der Waals surface area contributed by atoms with Crippen LogP contribution >= 0.6 is 0 Å². The maximum atomic E-state index is 10.9. The van der Waals surface area contributed by atoms with Crippen LogP contribution in [0.2, 0.25) is 0 Å². The highest BCUT2D eigenvalue weighted by atomic mass is 16.6. The van der Waals surface area contributed by atoms with Crippen molar-refractivity contribution in [3.63, 3.8) is 0 Å². The van der Waals surface area contributed by atoms with Gasteiger partial charge in [-0.15, -0.1) is 0 Å². The van der Waals surface area contributed by atoms with Crippen LogP contribution in [0.15, 0.2) is 18.2 Å². The molecule has 0 amide bonds. The number of hydrogen-bond donors (Lipinski definition) is 1. The number of aryl methyl sites for hydroxylation is 1. The summed E-state index contributed by atoms with van der Waals surface area (Å²) in [6.07, 6.45) is 3.71.